The second kappa shape index (κ2) is 4.10. The molecule has 0 radical (unpaired) electrons. The van der Waals surface area contributed by atoms with Gasteiger partial charge in [-0.2, -0.15) is 0 Å². The van der Waals surface area contributed by atoms with Crippen LogP contribution in [-0.4, -0.2) is 26.0 Å². The van der Waals surface area contributed by atoms with Gasteiger partial charge in [-0.1, -0.05) is 18.2 Å². The molecule has 0 saturated heterocycles. The molecule has 5 nitrogen and oxygen atoms in total. The van der Waals surface area contributed by atoms with Gasteiger partial charge in [0.2, 0.25) is 5.60 Å². The van der Waals surface area contributed by atoms with E-state index in [0.717, 1.165) is 5.69 Å². The molecule has 2 aliphatic rings. The number of likely N-dealkylation sites (N-methyl/N-ethyl adjacent to an activating group) is 1. The monoisotopic (exact) mass is 295 g/mol. The molecule has 22 heavy (non-hydrogen) atoms. The van der Waals surface area contributed by atoms with E-state index in [1.54, 1.807) is 32.4 Å². The van der Waals surface area contributed by atoms with Crippen molar-refractivity contribution in [1.82, 2.24) is 0 Å². The molecule has 0 fully saturated rings. The zero-order valence-electron chi connectivity index (χ0n) is 12.1. The lowest BCUT2D eigenvalue weighted by Gasteiger charge is -2.22. The Morgan fingerprint density at radius 3 is 2.64 bits per heavy atom. The number of amides is 1. The van der Waals surface area contributed by atoms with Crippen LogP contribution in [0.3, 0.4) is 0 Å². The molecular formula is C17H13NO4. The van der Waals surface area contributed by atoms with Gasteiger partial charge in [0.1, 0.15) is 5.75 Å². The van der Waals surface area contributed by atoms with E-state index in [-0.39, 0.29) is 5.91 Å². The highest BCUT2D eigenvalue weighted by Crippen LogP contribution is 2.51. The second-order valence-corrected chi connectivity index (χ2v) is 5.36. The van der Waals surface area contributed by atoms with E-state index in [9.17, 15) is 9.59 Å². The maximum absolute atomic E-state index is 12.9. The van der Waals surface area contributed by atoms with E-state index >= 15 is 0 Å². The number of methoxy groups -OCH3 is 1. The van der Waals surface area contributed by atoms with Crippen LogP contribution in [0.15, 0.2) is 42.5 Å². The van der Waals surface area contributed by atoms with E-state index in [4.69, 9.17) is 9.47 Å². The molecule has 0 saturated carbocycles. The summed E-state index contributed by atoms with van der Waals surface area (Å²) in [6, 6.07) is 12.4. The van der Waals surface area contributed by atoms with E-state index in [2.05, 4.69) is 0 Å². The van der Waals surface area contributed by atoms with Gasteiger partial charge in [-0.25, -0.2) is 4.79 Å². The van der Waals surface area contributed by atoms with Crippen LogP contribution in [0.25, 0.3) is 0 Å². The fourth-order valence-corrected chi connectivity index (χ4v) is 3.25. The highest BCUT2D eigenvalue weighted by molar-refractivity contribution is 6.14. The average Bonchev–Trinajstić information content (AvgIpc) is 2.96. The Hall–Kier alpha value is -2.82. The zero-order chi connectivity index (χ0) is 15.5. The summed E-state index contributed by atoms with van der Waals surface area (Å²) in [5.74, 6) is -0.179. The summed E-state index contributed by atoms with van der Waals surface area (Å²) in [6.07, 6.45) is 0. The first-order valence-corrected chi connectivity index (χ1v) is 6.89. The first-order valence-electron chi connectivity index (χ1n) is 6.89. The van der Waals surface area contributed by atoms with Crippen molar-refractivity contribution >= 4 is 17.6 Å². The van der Waals surface area contributed by atoms with Crippen LogP contribution in [0.1, 0.15) is 21.5 Å². The number of benzene rings is 2. The molecule has 2 aromatic carbocycles. The topological polar surface area (TPSA) is 55.8 Å². The number of anilines is 1. The third kappa shape index (κ3) is 1.33. The van der Waals surface area contributed by atoms with Crippen molar-refractivity contribution in [2.24, 2.45) is 0 Å². The van der Waals surface area contributed by atoms with Crippen molar-refractivity contribution in [3.8, 4) is 5.75 Å². The molecule has 1 spiro atoms. The Balaban J connectivity index is 2.06. The number of rotatable bonds is 1. The Morgan fingerprint density at radius 1 is 1.09 bits per heavy atom. The van der Waals surface area contributed by atoms with E-state index in [1.807, 2.05) is 24.3 Å². The molecule has 1 amide bonds. The SMILES string of the molecule is COc1ccc2c(c1)C1(OC2=O)C(=O)N(C)c2ccccc21. The highest BCUT2D eigenvalue weighted by Gasteiger charge is 2.59. The Morgan fingerprint density at radius 2 is 1.86 bits per heavy atom. The number of hydrogen-bond acceptors (Lipinski definition) is 4. The number of ether oxygens (including phenoxy) is 2. The van der Waals surface area contributed by atoms with Gasteiger partial charge in [0.25, 0.3) is 5.91 Å². The number of carbonyl (C=O) groups excluding carboxylic acids is 2. The molecule has 0 N–H and O–H groups in total. The van der Waals surface area contributed by atoms with E-state index in [0.29, 0.717) is 22.4 Å². The van der Waals surface area contributed by atoms with Gasteiger partial charge in [0, 0.05) is 18.2 Å². The summed E-state index contributed by atoms with van der Waals surface area (Å²) in [5, 5.41) is 0. The smallest absolute Gasteiger partial charge is 0.340 e. The van der Waals surface area contributed by atoms with Crippen LogP contribution in [0, 0.1) is 0 Å². The molecule has 0 aromatic heterocycles. The molecule has 110 valence electrons. The highest BCUT2D eigenvalue weighted by atomic mass is 16.6. The van der Waals surface area contributed by atoms with Gasteiger partial charge in [-0.15, -0.1) is 0 Å². The fraction of sp³-hybridized carbons (Fsp3) is 0.176. The lowest BCUT2D eigenvalue weighted by atomic mass is 9.86. The van der Waals surface area contributed by atoms with Crippen molar-refractivity contribution in [2.75, 3.05) is 19.1 Å². The van der Waals surface area contributed by atoms with Crippen LogP contribution in [0.5, 0.6) is 5.75 Å². The minimum absolute atomic E-state index is 0.269. The molecule has 1 unspecified atom stereocenters. The second-order valence-electron chi connectivity index (χ2n) is 5.36. The van der Waals surface area contributed by atoms with Gasteiger partial charge in [-0.3, -0.25) is 4.79 Å². The third-order valence-corrected chi connectivity index (χ3v) is 4.32. The van der Waals surface area contributed by atoms with Gasteiger partial charge in [0.15, 0.2) is 0 Å². The summed E-state index contributed by atoms with van der Waals surface area (Å²) >= 11 is 0. The Labute approximate surface area is 127 Å². The van der Waals surface area contributed by atoms with Crippen molar-refractivity contribution < 1.29 is 19.1 Å². The Bertz CT molecular complexity index is 829. The molecule has 0 aliphatic carbocycles. The van der Waals surface area contributed by atoms with Gasteiger partial charge in [-0.05, 0) is 24.3 Å². The normalized spacial score (nSPS) is 21.8. The average molecular weight is 295 g/mol. The van der Waals surface area contributed by atoms with E-state index < -0.39 is 11.6 Å². The van der Waals surface area contributed by atoms with Crippen LogP contribution < -0.4 is 9.64 Å². The Kier molecular flexibility index (Phi) is 2.40. The first-order chi connectivity index (χ1) is 10.6. The molecule has 2 aromatic rings. The largest absolute Gasteiger partial charge is 0.497 e. The molecule has 2 heterocycles. The number of fused-ring (bicyclic) bond motifs is 4. The lowest BCUT2D eigenvalue weighted by molar-refractivity contribution is -0.131. The first kappa shape index (κ1) is 12.9. The quantitative estimate of drug-likeness (QED) is 0.756. The van der Waals surface area contributed by atoms with Crippen LogP contribution >= 0.6 is 0 Å². The molecule has 2 aliphatic heterocycles. The van der Waals surface area contributed by atoms with Crippen LogP contribution in [0.2, 0.25) is 0 Å². The van der Waals surface area contributed by atoms with Crippen LogP contribution in [-0.2, 0) is 15.1 Å². The van der Waals surface area contributed by atoms with Crippen LogP contribution in [0.4, 0.5) is 5.69 Å². The number of nitrogens with zero attached hydrogens (tertiary/aromatic N) is 1. The van der Waals surface area contributed by atoms with Crippen molar-refractivity contribution in [3.05, 3.63) is 59.2 Å². The molecule has 5 heteroatoms. The van der Waals surface area contributed by atoms with Gasteiger partial charge in [0.05, 0.1) is 18.4 Å². The summed E-state index contributed by atoms with van der Waals surface area (Å²) in [6.45, 7) is 0. The summed E-state index contributed by atoms with van der Waals surface area (Å²) < 4.78 is 10.8. The maximum Gasteiger partial charge on any atom is 0.340 e. The number of hydrogen-bond donors (Lipinski definition) is 0. The maximum atomic E-state index is 12.9. The van der Waals surface area contributed by atoms with Crippen molar-refractivity contribution in [3.63, 3.8) is 0 Å². The lowest BCUT2D eigenvalue weighted by Crippen LogP contribution is -2.39. The number of carbonyl (C=O) groups is 2. The molecular weight excluding hydrogens is 282 g/mol. The molecule has 0 bridgehead atoms. The summed E-state index contributed by atoms with van der Waals surface area (Å²) in [5.41, 5.74) is 0.975. The fourth-order valence-electron chi connectivity index (χ4n) is 3.25. The third-order valence-electron chi connectivity index (χ3n) is 4.32. The molecule has 1 atom stereocenters. The predicted octanol–water partition coefficient (Wildman–Crippen LogP) is 2.09. The molecule has 4 rings (SSSR count). The minimum atomic E-state index is -1.40. The van der Waals surface area contributed by atoms with Crippen molar-refractivity contribution in [1.29, 1.82) is 0 Å². The number of esters is 1. The predicted molar refractivity (Wildman–Crippen MR) is 79.0 cm³/mol. The summed E-state index contributed by atoms with van der Waals surface area (Å²) in [4.78, 5) is 26.7. The number of para-hydroxylation sites is 1. The van der Waals surface area contributed by atoms with Crippen molar-refractivity contribution in [2.45, 2.75) is 5.60 Å². The van der Waals surface area contributed by atoms with Gasteiger partial charge < -0.3 is 14.4 Å². The standard InChI is InChI=1S/C17H13NO4/c1-18-14-6-4-3-5-12(14)17(16(18)20)13-9-10(21-2)7-8-11(13)15(19)22-17/h3-9H,1-2H3. The minimum Gasteiger partial charge on any atom is -0.497 e. The van der Waals surface area contributed by atoms with Gasteiger partial charge >= 0.3 is 5.97 Å². The van der Waals surface area contributed by atoms with E-state index in [1.165, 1.54) is 4.90 Å². The zero-order valence-corrected chi connectivity index (χ0v) is 12.1. The summed E-state index contributed by atoms with van der Waals surface area (Å²) in [7, 11) is 3.23.